The van der Waals surface area contributed by atoms with E-state index in [0.29, 0.717) is 40.9 Å². The summed E-state index contributed by atoms with van der Waals surface area (Å²) in [4.78, 5) is 28.3. The second kappa shape index (κ2) is 10.5. The van der Waals surface area contributed by atoms with Crippen molar-refractivity contribution in [2.45, 2.75) is 45.6 Å². The van der Waals surface area contributed by atoms with Gasteiger partial charge in [-0.1, -0.05) is 12.8 Å². The molecular weight excluding hydrogens is 382 g/mol. The number of pyridine rings is 1. The maximum Gasteiger partial charge on any atom is 0.258 e. The zero-order chi connectivity index (χ0) is 21.5. The third kappa shape index (κ3) is 4.95. The van der Waals surface area contributed by atoms with E-state index in [9.17, 15) is 9.59 Å². The normalized spacial score (nSPS) is 15.0. The molecule has 3 rings (SSSR count). The van der Waals surface area contributed by atoms with Crippen LogP contribution in [0.4, 0.5) is 0 Å². The fraction of sp³-hybridized carbons (Fsp3) is 0.565. The Bertz CT molecular complexity index is 930. The highest BCUT2D eigenvalue weighted by Gasteiger charge is 2.18. The molecule has 0 radical (unpaired) electrons. The summed E-state index contributed by atoms with van der Waals surface area (Å²) < 4.78 is 12.3. The van der Waals surface area contributed by atoms with Gasteiger partial charge in [-0.05, 0) is 58.0 Å². The highest BCUT2D eigenvalue weighted by atomic mass is 16.5. The van der Waals surface area contributed by atoms with Crippen molar-refractivity contribution in [3.63, 3.8) is 0 Å². The molecule has 1 N–H and O–H groups in total. The summed E-state index contributed by atoms with van der Waals surface area (Å²) in [6.45, 7) is 6.29. The van der Waals surface area contributed by atoms with Gasteiger partial charge in [-0.2, -0.15) is 0 Å². The van der Waals surface area contributed by atoms with Gasteiger partial charge in [0.2, 0.25) is 0 Å². The van der Waals surface area contributed by atoms with Gasteiger partial charge >= 0.3 is 0 Å². The molecule has 1 aromatic heterocycles. The first-order chi connectivity index (χ1) is 14.6. The van der Waals surface area contributed by atoms with E-state index >= 15 is 0 Å². The number of likely N-dealkylation sites (tertiary alicyclic amines) is 1. The Morgan fingerprint density at radius 3 is 2.27 bits per heavy atom. The molecule has 7 heteroatoms. The number of rotatable bonds is 8. The van der Waals surface area contributed by atoms with Crippen molar-refractivity contribution in [2.75, 3.05) is 40.4 Å². The van der Waals surface area contributed by atoms with Gasteiger partial charge in [0, 0.05) is 24.7 Å². The first kappa shape index (κ1) is 22.2. The van der Waals surface area contributed by atoms with Crippen LogP contribution in [0.2, 0.25) is 0 Å². The molecule has 0 spiro atoms. The molecule has 0 atom stereocenters. The van der Waals surface area contributed by atoms with Crippen LogP contribution in [0.3, 0.4) is 0 Å². The smallest absolute Gasteiger partial charge is 0.258 e. The Balaban J connectivity index is 1.78. The average molecular weight is 416 g/mol. The van der Waals surface area contributed by atoms with Crippen LogP contribution >= 0.6 is 0 Å². The van der Waals surface area contributed by atoms with Crippen LogP contribution in [0.5, 0.6) is 11.5 Å². The minimum absolute atomic E-state index is 0.147. The number of nitrogens with one attached hydrogen (secondary N) is 1. The van der Waals surface area contributed by atoms with Gasteiger partial charge in [-0.15, -0.1) is 0 Å². The minimum Gasteiger partial charge on any atom is -0.493 e. The third-order valence-electron chi connectivity index (χ3n) is 5.81. The van der Waals surface area contributed by atoms with Crippen molar-refractivity contribution >= 4 is 16.7 Å². The zero-order valence-electron chi connectivity index (χ0n) is 18.3. The summed E-state index contributed by atoms with van der Waals surface area (Å²) in [5, 5.41) is 4.06. The van der Waals surface area contributed by atoms with Gasteiger partial charge in [-0.3, -0.25) is 9.59 Å². The molecule has 1 aliphatic heterocycles. The highest BCUT2D eigenvalue weighted by molar-refractivity contribution is 6.07. The molecule has 0 saturated carbocycles. The molecule has 2 heterocycles. The number of benzene rings is 1. The molecule has 1 aliphatic rings. The predicted molar refractivity (Wildman–Crippen MR) is 119 cm³/mol. The molecule has 164 valence electrons. The molecule has 1 saturated heterocycles. The van der Waals surface area contributed by atoms with Crippen molar-refractivity contribution in [3.8, 4) is 11.5 Å². The number of ether oxygens (including phenoxy) is 2. The van der Waals surface area contributed by atoms with Crippen LogP contribution in [0.25, 0.3) is 10.8 Å². The van der Waals surface area contributed by atoms with E-state index in [1.165, 1.54) is 32.8 Å². The summed E-state index contributed by atoms with van der Waals surface area (Å²) in [6.07, 6.45) is 7.72. The number of hydrogen-bond donors (Lipinski definition) is 1. The summed E-state index contributed by atoms with van der Waals surface area (Å²) >= 11 is 0. The Labute approximate surface area is 178 Å². The van der Waals surface area contributed by atoms with Gasteiger partial charge in [0.05, 0.1) is 25.2 Å². The predicted octanol–water partition coefficient (Wildman–Crippen LogP) is 3.03. The number of aromatic nitrogens is 1. The van der Waals surface area contributed by atoms with Crippen LogP contribution in [-0.2, 0) is 6.54 Å². The first-order valence-corrected chi connectivity index (χ1v) is 10.9. The lowest BCUT2D eigenvalue weighted by Crippen LogP contribution is -2.31. The maximum absolute atomic E-state index is 13.0. The molecule has 1 fully saturated rings. The molecule has 1 amide bonds. The van der Waals surface area contributed by atoms with E-state index in [4.69, 9.17) is 9.47 Å². The van der Waals surface area contributed by atoms with Gasteiger partial charge in [0.25, 0.3) is 11.5 Å². The molecule has 7 nitrogen and oxygen atoms in total. The summed E-state index contributed by atoms with van der Waals surface area (Å²) in [5.74, 6) is 0.791. The fourth-order valence-electron chi connectivity index (χ4n) is 4.09. The molecule has 0 aliphatic carbocycles. The van der Waals surface area contributed by atoms with Gasteiger partial charge in [-0.25, -0.2) is 0 Å². The number of nitrogens with zero attached hydrogens (tertiary/aromatic N) is 2. The molecule has 1 aromatic carbocycles. The summed E-state index contributed by atoms with van der Waals surface area (Å²) in [7, 11) is 3.07. The number of hydrogen-bond acceptors (Lipinski definition) is 5. The number of carbonyl (C=O) groups is 1. The van der Waals surface area contributed by atoms with Crippen molar-refractivity contribution in [2.24, 2.45) is 0 Å². The van der Waals surface area contributed by atoms with Crippen LogP contribution in [0, 0.1) is 0 Å². The molecule has 30 heavy (non-hydrogen) atoms. The van der Waals surface area contributed by atoms with Gasteiger partial charge < -0.3 is 24.3 Å². The van der Waals surface area contributed by atoms with E-state index in [0.717, 1.165) is 26.1 Å². The lowest BCUT2D eigenvalue weighted by Gasteiger charge is -2.19. The van der Waals surface area contributed by atoms with Crippen molar-refractivity contribution in [1.29, 1.82) is 0 Å². The zero-order valence-corrected chi connectivity index (χ0v) is 18.3. The fourth-order valence-corrected chi connectivity index (χ4v) is 4.09. The van der Waals surface area contributed by atoms with E-state index in [1.54, 1.807) is 30.0 Å². The number of methoxy groups -OCH3 is 2. The van der Waals surface area contributed by atoms with E-state index in [1.807, 2.05) is 6.92 Å². The molecule has 0 unspecified atom stereocenters. The Morgan fingerprint density at radius 1 is 1.03 bits per heavy atom. The standard InChI is InChI=1S/C23H33N3O4/c1-4-26-16-19(17-14-20(29-2)21(30-3)15-18(17)23(26)28)22(27)24-10-9-13-25-11-7-5-6-8-12-25/h14-16H,4-13H2,1-3H3,(H,24,27). The summed E-state index contributed by atoms with van der Waals surface area (Å²) in [5.41, 5.74) is 0.327. The first-order valence-electron chi connectivity index (χ1n) is 10.9. The second-order valence-corrected chi connectivity index (χ2v) is 7.75. The monoisotopic (exact) mass is 415 g/mol. The number of carbonyl (C=O) groups excluding carboxylic acids is 1. The van der Waals surface area contributed by atoms with Crippen molar-refractivity contribution in [1.82, 2.24) is 14.8 Å². The molecule has 0 bridgehead atoms. The largest absolute Gasteiger partial charge is 0.493 e. The van der Waals surface area contributed by atoms with E-state index < -0.39 is 0 Å². The highest BCUT2D eigenvalue weighted by Crippen LogP contribution is 2.32. The van der Waals surface area contributed by atoms with Crippen LogP contribution in [0.1, 0.15) is 49.4 Å². The van der Waals surface area contributed by atoms with Gasteiger partial charge in [0.15, 0.2) is 11.5 Å². The number of fused-ring (bicyclic) bond motifs is 1. The number of amides is 1. The minimum atomic E-state index is -0.176. The second-order valence-electron chi connectivity index (χ2n) is 7.75. The maximum atomic E-state index is 13.0. The van der Waals surface area contributed by atoms with Crippen LogP contribution in [0.15, 0.2) is 23.1 Å². The Kier molecular flexibility index (Phi) is 7.74. The van der Waals surface area contributed by atoms with Crippen LogP contribution < -0.4 is 20.3 Å². The third-order valence-corrected chi connectivity index (χ3v) is 5.81. The van der Waals surface area contributed by atoms with Crippen molar-refractivity contribution < 1.29 is 14.3 Å². The van der Waals surface area contributed by atoms with E-state index in [2.05, 4.69) is 10.2 Å². The number of aryl methyl sites for hydroxylation is 1. The molecular formula is C23H33N3O4. The lowest BCUT2D eigenvalue weighted by molar-refractivity contribution is 0.0952. The Morgan fingerprint density at radius 2 is 1.67 bits per heavy atom. The van der Waals surface area contributed by atoms with Gasteiger partial charge in [0.1, 0.15) is 0 Å². The Hall–Kier alpha value is -2.54. The van der Waals surface area contributed by atoms with E-state index in [-0.39, 0.29) is 11.5 Å². The quantitative estimate of drug-likeness (QED) is 0.671. The lowest BCUT2D eigenvalue weighted by atomic mass is 10.1. The molecule has 2 aromatic rings. The summed E-state index contributed by atoms with van der Waals surface area (Å²) in [6, 6.07) is 3.36. The SMILES string of the molecule is CCn1cc(C(=O)NCCCN2CCCCCC2)c2cc(OC)c(OC)cc2c1=O. The topological polar surface area (TPSA) is 72.8 Å². The van der Waals surface area contributed by atoms with Crippen molar-refractivity contribution in [3.05, 3.63) is 34.2 Å². The average Bonchev–Trinajstić information content (AvgIpc) is 3.05. The van der Waals surface area contributed by atoms with Crippen LogP contribution in [-0.4, -0.2) is 55.8 Å².